The number of methoxy groups -OCH3 is 1. The molecular formula is C24H38N4O3. The van der Waals surface area contributed by atoms with Crippen LogP contribution in [0.1, 0.15) is 50.7 Å². The molecule has 1 amide bonds. The Morgan fingerprint density at radius 3 is 2.77 bits per heavy atom. The normalized spacial score (nSPS) is 20.3. The van der Waals surface area contributed by atoms with Crippen LogP contribution in [0.3, 0.4) is 0 Å². The quantitative estimate of drug-likeness (QED) is 0.567. The number of benzene rings is 1. The van der Waals surface area contributed by atoms with Gasteiger partial charge in [-0.05, 0) is 50.2 Å². The number of amides is 1. The number of carbonyl (C=O) groups excluding carboxylic acids is 1. The monoisotopic (exact) mass is 430 g/mol. The summed E-state index contributed by atoms with van der Waals surface area (Å²) >= 11 is 0. The van der Waals surface area contributed by atoms with E-state index in [0.717, 1.165) is 49.9 Å². The molecule has 2 N–H and O–H groups in total. The Kier molecular flexibility index (Phi) is 8.46. The molecule has 2 aromatic rings. The molecule has 0 spiro atoms. The Hall–Kier alpha value is -1.96. The zero-order valence-corrected chi connectivity index (χ0v) is 19.4. The Labute approximate surface area is 185 Å². The van der Waals surface area contributed by atoms with Crippen molar-refractivity contribution in [1.82, 2.24) is 19.8 Å². The van der Waals surface area contributed by atoms with Gasteiger partial charge in [0.1, 0.15) is 0 Å². The van der Waals surface area contributed by atoms with E-state index in [1.54, 1.807) is 7.11 Å². The molecule has 0 aliphatic carbocycles. The fraction of sp³-hybridized carbons (Fsp3) is 0.667. The van der Waals surface area contributed by atoms with Gasteiger partial charge in [-0.2, -0.15) is 0 Å². The minimum Gasteiger partial charge on any atom is -0.393 e. The van der Waals surface area contributed by atoms with Gasteiger partial charge in [0.2, 0.25) is 0 Å². The largest absolute Gasteiger partial charge is 0.393 e. The molecule has 3 atom stereocenters. The summed E-state index contributed by atoms with van der Waals surface area (Å²) < 4.78 is 7.26. The molecule has 1 fully saturated rings. The second-order valence-electron chi connectivity index (χ2n) is 9.18. The van der Waals surface area contributed by atoms with E-state index in [0.29, 0.717) is 24.9 Å². The number of hydrogen-bond acceptors (Lipinski definition) is 5. The van der Waals surface area contributed by atoms with Gasteiger partial charge in [0, 0.05) is 45.9 Å². The fourth-order valence-corrected chi connectivity index (χ4v) is 4.46. The van der Waals surface area contributed by atoms with Gasteiger partial charge in [0.05, 0.1) is 17.1 Å². The average molecular weight is 431 g/mol. The van der Waals surface area contributed by atoms with Crippen LogP contribution < -0.4 is 5.32 Å². The van der Waals surface area contributed by atoms with Crippen molar-refractivity contribution in [2.75, 3.05) is 33.4 Å². The summed E-state index contributed by atoms with van der Waals surface area (Å²) in [6, 6.07) is 8.01. The predicted molar refractivity (Wildman–Crippen MR) is 123 cm³/mol. The van der Waals surface area contributed by atoms with Crippen molar-refractivity contribution in [1.29, 1.82) is 0 Å². The van der Waals surface area contributed by atoms with Crippen molar-refractivity contribution < 1.29 is 14.6 Å². The first-order chi connectivity index (χ1) is 14.9. The number of nitrogens with zero attached hydrogens (tertiary/aromatic N) is 3. The van der Waals surface area contributed by atoms with Crippen molar-refractivity contribution in [2.45, 2.75) is 58.7 Å². The molecule has 1 aromatic carbocycles. The molecule has 7 nitrogen and oxygen atoms in total. The number of aryl methyl sites for hydroxylation is 1. The van der Waals surface area contributed by atoms with Crippen LogP contribution in [0.2, 0.25) is 0 Å². The molecule has 7 heteroatoms. The topological polar surface area (TPSA) is 79.6 Å². The van der Waals surface area contributed by atoms with Crippen molar-refractivity contribution in [2.24, 2.45) is 11.8 Å². The maximum atomic E-state index is 13.9. The SMILES string of the molecule is COCCCCn1c(C(=O)N(CC(C)C)[C@@H]2CNC[C@H]([C@@H](C)O)C2)nc2ccccc21. The number of unbranched alkanes of at least 4 members (excludes halogenated alkanes) is 1. The number of nitrogens with one attached hydrogen (secondary N) is 1. The molecule has 1 saturated heterocycles. The number of piperidine rings is 1. The van der Waals surface area contributed by atoms with Crippen molar-refractivity contribution in [3.8, 4) is 0 Å². The first-order valence-corrected chi connectivity index (χ1v) is 11.6. The zero-order chi connectivity index (χ0) is 22.4. The molecule has 3 rings (SSSR count). The summed E-state index contributed by atoms with van der Waals surface area (Å²) in [6.07, 6.45) is 2.27. The highest BCUT2D eigenvalue weighted by atomic mass is 16.5. The third kappa shape index (κ3) is 5.84. The van der Waals surface area contributed by atoms with Crippen molar-refractivity contribution in [3.05, 3.63) is 30.1 Å². The highest BCUT2D eigenvalue weighted by Gasteiger charge is 2.34. The number of hydrogen-bond donors (Lipinski definition) is 2. The number of fused-ring (bicyclic) bond motifs is 1. The number of ether oxygens (including phenoxy) is 1. The fourth-order valence-electron chi connectivity index (χ4n) is 4.46. The molecule has 1 aliphatic heterocycles. The van der Waals surface area contributed by atoms with Crippen LogP contribution in [-0.2, 0) is 11.3 Å². The lowest BCUT2D eigenvalue weighted by Gasteiger charge is -2.39. The number of para-hydroxylation sites is 2. The van der Waals surface area contributed by atoms with Crippen LogP contribution >= 0.6 is 0 Å². The summed E-state index contributed by atoms with van der Waals surface area (Å²) in [5.74, 6) is 0.984. The first kappa shape index (κ1) is 23.7. The molecule has 0 saturated carbocycles. The summed E-state index contributed by atoms with van der Waals surface area (Å²) in [4.78, 5) is 20.6. The molecule has 31 heavy (non-hydrogen) atoms. The Morgan fingerprint density at radius 1 is 1.29 bits per heavy atom. The minimum absolute atomic E-state index is 0.0188. The van der Waals surface area contributed by atoms with E-state index in [4.69, 9.17) is 9.72 Å². The Balaban J connectivity index is 1.91. The molecule has 172 valence electrons. The van der Waals surface area contributed by atoms with Crippen molar-refractivity contribution in [3.63, 3.8) is 0 Å². The lowest BCUT2D eigenvalue weighted by molar-refractivity contribution is 0.0435. The smallest absolute Gasteiger partial charge is 0.290 e. The first-order valence-electron chi connectivity index (χ1n) is 11.6. The second-order valence-corrected chi connectivity index (χ2v) is 9.18. The summed E-state index contributed by atoms with van der Waals surface area (Å²) in [5, 5.41) is 13.5. The predicted octanol–water partition coefficient (Wildman–Crippen LogP) is 2.92. The highest BCUT2D eigenvalue weighted by molar-refractivity contribution is 5.95. The maximum absolute atomic E-state index is 13.9. The summed E-state index contributed by atoms with van der Waals surface area (Å²) in [5.41, 5.74) is 1.85. The molecule has 2 heterocycles. The lowest BCUT2D eigenvalue weighted by atomic mass is 9.90. The van der Waals surface area contributed by atoms with Crippen LogP contribution in [-0.4, -0.2) is 71.0 Å². The number of aliphatic hydroxyl groups is 1. The number of carbonyl (C=O) groups is 1. The van der Waals surface area contributed by atoms with E-state index in [-0.39, 0.29) is 17.9 Å². The van der Waals surface area contributed by atoms with Gasteiger partial charge in [0.15, 0.2) is 5.82 Å². The second kappa shape index (κ2) is 11.1. The number of rotatable bonds is 10. The lowest BCUT2D eigenvalue weighted by Crippen LogP contribution is -2.54. The van der Waals surface area contributed by atoms with Gasteiger partial charge in [0.25, 0.3) is 5.91 Å². The molecule has 1 aliphatic rings. The number of aliphatic hydroxyl groups excluding tert-OH is 1. The Bertz CT molecular complexity index is 848. The van der Waals surface area contributed by atoms with Crippen LogP contribution in [0.15, 0.2) is 24.3 Å². The van der Waals surface area contributed by atoms with Crippen LogP contribution in [0.4, 0.5) is 0 Å². The van der Waals surface area contributed by atoms with Gasteiger partial charge in [-0.25, -0.2) is 4.98 Å². The summed E-state index contributed by atoms with van der Waals surface area (Å²) in [6.45, 7) is 9.76. The number of aromatic nitrogens is 2. The third-order valence-electron chi connectivity index (χ3n) is 6.13. The molecule has 0 unspecified atom stereocenters. The highest BCUT2D eigenvalue weighted by Crippen LogP contribution is 2.24. The zero-order valence-electron chi connectivity index (χ0n) is 19.4. The average Bonchev–Trinajstić information content (AvgIpc) is 3.13. The van der Waals surface area contributed by atoms with Crippen LogP contribution in [0, 0.1) is 11.8 Å². The van der Waals surface area contributed by atoms with Gasteiger partial charge in [-0.3, -0.25) is 4.79 Å². The summed E-state index contributed by atoms with van der Waals surface area (Å²) in [7, 11) is 1.71. The van der Waals surface area contributed by atoms with Crippen LogP contribution in [0.25, 0.3) is 11.0 Å². The van der Waals surface area contributed by atoms with E-state index >= 15 is 0 Å². The van der Waals surface area contributed by atoms with E-state index in [2.05, 4.69) is 23.7 Å². The van der Waals surface area contributed by atoms with Crippen molar-refractivity contribution >= 4 is 16.9 Å². The van der Waals surface area contributed by atoms with Gasteiger partial charge in [-0.1, -0.05) is 26.0 Å². The molecule has 0 radical (unpaired) electrons. The van der Waals surface area contributed by atoms with E-state index in [1.807, 2.05) is 36.1 Å². The maximum Gasteiger partial charge on any atom is 0.290 e. The van der Waals surface area contributed by atoms with Gasteiger partial charge in [-0.15, -0.1) is 0 Å². The van der Waals surface area contributed by atoms with E-state index in [9.17, 15) is 9.90 Å². The molecular weight excluding hydrogens is 392 g/mol. The van der Waals surface area contributed by atoms with Gasteiger partial charge >= 0.3 is 0 Å². The Morgan fingerprint density at radius 2 is 2.06 bits per heavy atom. The van der Waals surface area contributed by atoms with Crippen LogP contribution in [0.5, 0.6) is 0 Å². The minimum atomic E-state index is -0.392. The molecule has 0 bridgehead atoms. The van der Waals surface area contributed by atoms with Gasteiger partial charge < -0.3 is 24.6 Å². The van der Waals surface area contributed by atoms with E-state index in [1.165, 1.54) is 0 Å². The molecule has 1 aromatic heterocycles. The number of imidazole rings is 1. The van der Waals surface area contributed by atoms with E-state index < -0.39 is 6.10 Å². The standard InChI is InChI=1S/C24H38N4O3/c1-17(2)16-28(20-13-19(18(3)29)14-25-15-20)24(30)23-26-21-9-5-6-10-22(21)27(23)11-7-8-12-31-4/h5-6,9-10,17-20,25,29H,7-8,11-16H2,1-4H3/t18-,19-,20+/m1/s1. The third-order valence-corrected chi connectivity index (χ3v) is 6.13.